The molecule has 9 heteroatoms. The number of nitrogens with two attached hydrogens (primary N) is 1. The first-order valence-corrected chi connectivity index (χ1v) is 8.07. The number of rotatable bonds is 4. The Labute approximate surface area is 123 Å². The van der Waals surface area contributed by atoms with Gasteiger partial charge in [-0.15, -0.1) is 11.3 Å². The number of nitrogens with one attached hydrogen (secondary N) is 1. The summed E-state index contributed by atoms with van der Waals surface area (Å²) in [7, 11) is -4.14. The Kier molecular flexibility index (Phi) is 4.26. The second kappa shape index (κ2) is 5.66. The van der Waals surface area contributed by atoms with Crippen LogP contribution < -0.4 is 10.5 Å². The van der Waals surface area contributed by atoms with E-state index < -0.39 is 33.2 Å². The topological polar surface area (TPSA) is 72.2 Å². The van der Waals surface area contributed by atoms with Gasteiger partial charge in [-0.25, -0.2) is 21.6 Å². The van der Waals surface area contributed by atoms with Gasteiger partial charge in [-0.05, 0) is 30.0 Å². The molecule has 0 saturated carbocycles. The highest BCUT2D eigenvalue weighted by Gasteiger charge is 2.25. The largest absolute Gasteiger partial charge is 0.326 e. The number of hydrogen-bond acceptors (Lipinski definition) is 4. The van der Waals surface area contributed by atoms with Crippen LogP contribution in [0, 0.1) is 24.4 Å². The Hall–Kier alpha value is -1.58. The fourth-order valence-electron chi connectivity index (χ4n) is 1.79. The molecule has 1 heterocycles. The van der Waals surface area contributed by atoms with E-state index in [9.17, 15) is 21.6 Å². The van der Waals surface area contributed by atoms with E-state index in [1.165, 1.54) is 0 Å². The van der Waals surface area contributed by atoms with E-state index in [0.717, 1.165) is 17.4 Å². The zero-order chi connectivity index (χ0) is 15.8. The third kappa shape index (κ3) is 2.89. The van der Waals surface area contributed by atoms with E-state index in [4.69, 9.17) is 5.73 Å². The highest BCUT2D eigenvalue weighted by molar-refractivity contribution is 7.93. The van der Waals surface area contributed by atoms with Crippen LogP contribution in [0.3, 0.4) is 0 Å². The van der Waals surface area contributed by atoms with Crippen molar-refractivity contribution in [3.63, 3.8) is 0 Å². The second-order valence-electron chi connectivity index (χ2n) is 4.20. The number of anilines is 1. The molecule has 1 aromatic heterocycles. The van der Waals surface area contributed by atoms with Crippen LogP contribution in [-0.4, -0.2) is 8.42 Å². The van der Waals surface area contributed by atoms with Crippen LogP contribution in [-0.2, 0) is 16.6 Å². The van der Waals surface area contributed by atoms with E-state index in [0.29, 0.717) is 16.5 Å². The van der Waals surface area contributed by atoms with E-state index >= 15 is 0 Å². The molecule has 0 amide bonds. The summed E-state index contributed by atoms with van der Waals surface area (Å²) in [6.07, 6.45) is 0. The molecular weight excluding hydrogens is 325 g/mol. The van der Waals surface area contributed by atoms with Crippen molar-refractivity contribution in [1.82, 2.24) is 0 Å². The SMILES string of the molecule is Cc1csc(CN)c1S(=O)(=O)Nc1ccc(F)c(F)c1F. The zero-order valence-electron chi connectivity index (χ0n) is 10.8. The quantitative estimate of drug-likeness (QED) is 0.843. The van der Waals surface area contributed by atoms with Crippen LogP contribution in [0.2, 0.25) is 0 Å². The summed E-state index contributed by atoms with van der Waals surface area (Å²) < 4.78 is 66.0. The third-order valence-electron chi connectivity index (χ3n) is 2.72. The fourth-order valence-corrected chi connectivity index (χ4v) is 4.55. The van der Waals surface area contributed by atoms with Crippen molar-refractivity contribution in [3.8, 4) is 0 Å². The summed E-state index contributed by atoms with van der Waals surface area (Å²) in [5.74, 6) is -4.73. The van der Waals surface area contributed by atoms with Crippen molar-refractivity contribution in [2.45, 2.75) is 18.4 Å². The normalized spacial score (nSPS) is 11.7. The molecule has 4 nitrogen and oxygen atoms in total. The summed E-state index contributed by atoms with van der Waals surface area (Å²) in [5.41, 5.74) is 5.24. The maximum atomic E-state index is 13.6. The summed E-state index contributed by atoms with van der Waals surface area (Å²) in [6.45, 7) is 1.56. The molecule has 0 saturated heterocycles. The predicted molar refractivity (Wildman–Crippen MR) is 74.1 cm³/mol. The molecule has 0 radical (unpaired) electrons. The monoisotopic (exact) mass is 336 g/mol. The molecule has 3 N–H and O–H groups in total. The maximum Gasteiger partial charge on any atom is 0.263 e. The first-order chi connectivity index (χ1) is 9.77. The van der Waals surface area contributed by atoms with E-state index in [1.807, 2.05) is 4.72 Å². The number of sulfonamides is 1. The minimum Gasteiger partial charge on any atom is -0.326 e. The number of hydrogen-bond donors (Lipinski definition) is 2. The average Bonchev–Trinajstić information content (AvgIpc) is 2.81. The van der Waals surface area contributed by atoms with Gasteiger partial charge in [0.25, 0.3) is 10.0 Å². The number of benzene rings is 1. The van der Waals surface area contributed by atoms with Gasteiger partial charge < -0.3 is 5.73 Å². The van der Waals surface area contributed by atoms with Gasteiger partial charge in [-0.1, -0.05) is 0 Å². The molecule has 0 spiro atoms. The van der Waals surface area contributed by atoms with E-state index in [1.54, 1.807) is 12.3 Å². The van der Waals surface area contributed by atoms with Gasteiger partial charge in [-0.3, -0.25) is 4.72 Å². The molecule has 0 aliphatic rings. The molecule has 0 aliphatic carbocycles. The summed E-state index contributed by atoms with van der Waals surface area (Å²) in [4.78, 5) is 0.321. The van der Waals surface area contributed by atoms with Crippen molar-refractivity contribution >= 4 is 27.0 Å². The zero-order valence-corrected chi connectivity index (χ0v) is 12.4. The standard InChI is InChI=1S/C12H11F3N2O2S2/c1-6-5-20-9(4-16)12(6)21(18,19)17-8-3-2-7(13)10(14)11(8)15/h2-3,5,17H,4,16H2,1H3. The Bertz CT molecular complexity index is 788. The van der Waals surface area contributed by atoms with Gasteiger partial charge in [0, 0.05) is 11.4 Å². The lowest BCUT2D eigenvalue weighted by molar-refractivity contribution is 0.449. The number of thiophene rings is 1. The van der Waals surface area contributed by atoms with Crippen LogP contribution in [0.1, 0.15) is 10.4 Å². The fraction of sp³-hybridized carbons (Fsp3) is 0.167. The Morgan fingerprint density at radius 1 is 1.24 bits per heavy atom. The maximum absolute atomic E-state index is 13.6. The average molecular weight is 336 g/mol. The molecule has 2 rings (SSSR count). The van der Waals surface area contributed by atoms with Crippen LogP contribution in [0.15, 0.2) is 22.4 Å². The Balaban J connectivity index is 2.48. The van der Waals surface area contributed by atoms with Crippen molar-refractivity contribution < 1.29 is 21.6 Å². The first-order valence-electron chi connectivity index (χ1n) is 5.71. The van der Waals surface area contributed by atoms with Crippen molar-refractivity contribution in [2.24, 2.45) is 5.73 Å². The van der Waals surface area contributed by atoms with Gasteiger partial charge in [0.05, 0.1) is 5.69 Å². The van der Waals surface area contributed by atoms with Gasteiger partial charge in [0.1, 0.15) is 4.90 Å². The lowest BCUT2D eigenvalue weighted by atomic mass is 10.3. The summed E-state index contributed by atoms with van der Waals surface area (Å²) >= 11 is 1.15. The highest BCUT2D eigenvalue weighted by atomic mass is 32.2. The lowest BCUT2D eigenvalue weighted by Gasteiger charge is -2.11. The molecule has 0 aliphatic heterocycles. The molecule has 1 aromatic carbocycles. The Morgan fingerprint density at radius 2 is 1.90 bits per heavy atom. The Morgan fingerprint density at radius 3 is 2.52 bits per heavy atom. The van der Waals surface area contributed by atoms with Crippen LogP contribution >= 0.6 is 11.3 Å². The molecule has 0 atom stereocenters. The summed E-state index contributed by atoms with van der Waals surface area (Å²) in [5, 5.41) is 1.60. The number of halogens is 3. The minimum absolute atomic E-state index is 0.00495. The van der Waals surface area contributed by atoms with Gasteiger partial charge in [0.15, 0.2) is 17.5 Å². The molecule has 114 valence electrons. The first kappa shape index (κ1) is 15.8. The van der Waals surface area contributed by atoms with Crippen LogP contribution in [0.4, 0.5) is 18.9 Å². The lowest BCUT2D eigenvalue weighted by Crippen LogP contribution is -2.17. The second-order valence-corrected chi connectivity index (χ2v) is 6.79. The third-order valence-corrected chi connectivity index (χ3v) is 5.57. The summed E-state index contributed by atoms with van der Waals surface area (Å²) in [6, 6.07) is 1.45. The smallest absolute Gasteiger partial charge is 0.263 e. The molecule has 0 unspecified atom stereocenters. The molecule has 0 fully saturated rings. The van der Waals surface area contributed by atoms with E-state index in [-0.39, 0.29) is 11.4 Å². The van der Waals surface area contributed by atoms with Gasteiger partial charge in [-0.2, -0.15) is 0 Å². The minimum atomic E-state index is -4.14. The van der Waals surface area contributed by atoms with E-state index in [2.05, 4.69) is 0 Å². The van der Waals surface area contributed by atoms with Gasteiger partial charge in [0.2, 0.25) is 0 Å². The number of aryl methyl sites for hydroxylation is 1. The van der Waals surface area contributed by atoms with Crippen LogP contribution in [0.5, 0.6) is 0 Å². The predicted octanol–water partition coefficient (Wildman–Crippen LogP) is 2.73. The van der Waals surface area contributed by atoms with Crippen LogP contribution in [0.25, 0.3) is 0 Å². The van der Waals surface area contributed by atoms with Crippen molar-refractivity contribution in [2.75, 3.05) is 4.72 Å². The van der Waals surface area contributed by atoms with Crippen molar-refractivity contribution in [1.29, 1.82) is 0 Å². The van der Waals surface area contributed by atoms with Crippen molar-refractivity contribution in [3.05, 3.63) is 45.4 Å². The molecule has 2 aromatic rings. The van der Waals surface area contributed by atoms with Gasteiger partial charge >= 0.3 is 0 Å². The highest BCUT2D eigenvalue weighted by Crippen LogP contribution is 2.29. The molecular formula is C12H11F3N2O2S2. The molecule has 21 heavy (non-hydrogen) atoms. The molecule has 0 bridgehead atoms.